The molecule has 16 nitrogen and oxygen atoms in total. The van der Waals surface area contributed by atoms with Gasteiger partial charge in [0.25, 0.3) is 0 Å². The molecule has 0 aromatic carbocycles. The van der Waals surface area contributed by atoms with Crippen LogP contribution in [0, 0.1) is 46.3 Å². The average molecular weight is 869 g/mol. The minimum atomic E-state index is -1.71. The van der Waals surface area contributed by atoms with E-state index >= 15 is 0 Å². The van der Waals surface area contributed by atoms with Crippen molar-refractivity contribution < 1.29 is 78.7 Å². The van der Waals surface area contributed by atoms with Gasteiger partial charge in [-0.1, -0.05) is 39.3 Å². The largest absolute Gasteiger partial charge is 0.394 e. The maximum atomic E-state index is 12.0. The molecule has 5 aliphatic heterocycles. The number of aliphatic hydroxyl groups is 8. The van der Waals surface area contributed by atoms with Gasteiger partial charge in [0, 0.05) is 12.3 Å². The van der Waals surface area contributed by atoms with Gasteiger partial charge in [-0.2, -0.15) is 0 Å². The predicted octanol–water partition coefficient (Wildman–Crippen LogP) is 1.24. The highest BCUT2D eigenvalue weighted by molar-refractivity contribution is 5.26. The molecule has 8 N–H and O–H groups in total. The molecule has 4 aliphatic carbocycles. The molecule has 9 rings (SSSR count). The Labute approximate surface area is 358 Å². The van der Waals surface area contributed by atoms with Crippen LogP contribution in [0.1, 0.15) is 99.3 Å². The van der Waals surface area contributed by atoms with Gasteiger partial charge in [0.15, 0.2) is 24.7 Å². The van der Waals surface area contributed by atoms with Crippen molar-refractivity contribution in [1.82, 2.24) is 0 Å². The summed E-state index contributed by atoms with van der Waals surface area (Å²) in [5, 5.41) is 85.9. The van der Waals surface area contributed by atoms with E-state index in [-0.39, 0.29) is 23.0 Å². The second-order valence-electron chi connectivity index (χ2n) is 21.1. The van der Waals surface area contributed by atoms with E-state index in [4.69, 9.17) is 37.9 Å². The lowest BCUT2D eigenvalue weighted by Crippen LogP contribution is -2.66. The molecule has 0 aromatic rings. The Morgan fingerprint density at radius 1 is 0.689 bits per heavy atom. The lowest BCUT2D eigenvalue weighted by molar-refractivity contribution is -0.388. The Bertz CT molecular complexity index is 1590. The third kappa shape index (κ3) is 7.42. The molecular weight excluding hydrogens is 796 g/mol. The molecule has 0 bridgehead atoms. The van der Waals surface area contributed by atoms with Crippen LogP contribution < -0.4 is 0 Å². The molecule has 0 amide bonds. The van der Waals surface area contributed by atoms with Crippen LogP contribution in [0.2, 0.25) is 0 Å². The summed E-state index contributed by atoms with van der Waals surface area (Å²) in [7, 11) is 0. The Morgan fingerprint density at radius 3 is 1.97 bits per heavy atom. The molecule has 0 radical (unpaired) electrons. The van der Waals surface area contributed by atoms with Crippen molar-refractivity contribution in [3.05, 3.63) is 11.6 Å². The monoisotopic (exact) mass is 868 g/mol. The summed E-state index contributed by atoms with van der Waals surface area (Å²) in [6, 6.07) is 0. The predicted molar refractivity (Wildman–Crippen MR) is 213 cm³/mol. The smallest absolute Gasteiger partial charge is 0.187 e. The molecule has 26 atom stereocenters. The van der Waals surface area contributed by atoms with E-state index in [1.54, 1.807) is 0 Å². The molecule has 16 heteroatoms. The van der Waals surface area contributed by atoms with E-state index in [1.165, 1.54) is 25.8 Å². The van der Waals surface area contributed by atoms with Gasteiger partial charge in [0.1, 0.15) is 61.0 Å². The van der Waals surface area contributed by atoms with Gasteiger partial charge in [-0.3, -0.25) is 0 Å². The first-order valence-electron chi connectivity index (χ1n) is 23.2. The first-order chi connectivity index (χ1) is 28.9. The van der Waals surface area contributed by atoms with E-state index < -0.39 is 105 Å². The summed E-state index contributed by atoms with van der Waals surface area (Å²) in [6.45, 7) is 12.7. The fourth-order valence-corrected chi connectivity index (χ4v) is 14.0. The van der Waals surface area contributed by atoms with Crippen LogP contribution >= 0.6 is 0 Å². The molecule has 5 saturated heterocycles. The number of ether oxygens (including phenoxy) is 8. The number of fused-ring (bicyclic) bond motifs is 7. The molecular formula is C45H72O16. The number of allylic oxidation sites excluding steroid dienone is 1. The molecule has 9 aliphatic rings. The van der Waals surface area contributed by atoms with Crippen molar-refractivity contribution in [2.75, 3.05) is 13.2 Å². The fraction of sp³-hybridized carbons (Fsp3) is 0.956. The summed E-state index contributed by atoms with van der Waals surface area (Å²) in [5.74, 6) is 2.64. The zero-order valence-electron chi connectivity index (χ0n) is 36.5. The molecule has 8 fully saturated rings. The van der Waals surface area contributed by atoms with E-state index in [0.29, 0.717) is 48.3 Å². The summed E-state index contributed by atoms with van der Waals surface area (Å²) in [6.07, 6.45) is -10.4. The highest BCUT2D eigenvalue weighted by Crippen LogP contribution is 2.70. The van der Waals surface area contributed by atoms with Crippen LogP contribution in [-0.4, -0.2) is 164 Å². The Kier molecular flexibility index (Phi) is 12.4. The zero-order chi connectivity index (χ0) is 43.5. The highest BCUT2D eigenvalue weighted by Gasteiger charge is 2.69. The SMILES string of the molecule is C[C@@H]1CC[C@]2(OC1)O[C@H]1C[C@@H]3[C@@H]4CC=C5C[C@@H](O[C@@H]6O[C@H](CO)[C@@H](O[C@@H]7O[C@@H](C)[C@H](O)[C@@H](O)[C@H]7O)[C@H](O)[C@H]6O[C@@H]6O[C@@H](C)[C@H](O)[C@@H](O)[C@H]6O)CC[C@]5(C)[C@H]4CC[C@]3(C)[C@H]1[C@@H]2C. The van der Waals surface area contributed by atoms with Crippen LogP contribution in [0.5, 0.6) is 0 Å². The fourth-order valence-electron chi connectivity index (χ4n) is 14.0. The number of rotatable bonds is 7. The second kappa shape index (κ2) is 16.8. The van der Waals surface area contributed by atoms with Crippen molar-refractivity contribution in [2.24, 2.45) is 46.3 Å². The molecule has 5 heterocycles. The van der Waals surface area contributed by atoms with Gasteiger partial charge >= 0.3 is 0 Å². The minimum absolute atomic E-state index is 0.0171. The lowest BCUT2D eigenvalue weighted by atomic mass is 9.47. The maximum Gasteiger partial charge on any atom is 0.187 e. The zero-order valence-corrected chi connectivity index (χ0v) is 36.5. The van der Waals surface area contributed by atoms with Gasteiger partial charge < -0.3 is 78.7 Å². The molecule has 1 spiro atoms. The minimum Gasteiger partial charge on any atom is -0.394 e. The number of hydrogen-bond donors (Lipinski definition) is 8. The Balaban J connectivity index is 0.916. The van der Waals surface area contributed by atoms with Crippen molar-refractivity contribution >= 4 is 0 Å². The molecule has 3 saturated carbocycles. The molecule has 0 aromatic heterocycles. The molecule has 348 valence electrons. The van der Waals surface area contributed by atoms with Gasteiger partial charge in [-0.25, -0.2) is 0 Å². The third-order valence-corrected chi connectivity index (χ3v) is 17.6. The standard InChI is InChI=1S/C45H72O16/c1-19-9-14-45(54-18-19)20(2)30-28(61-45)16-27-25-8-7-23-15-24(10-12-43(23,5)26(25)11-13-44(27,30)6)57-42-39(60-41-36(52)34(50)32(48)22(4)56-41)37(53)38(29(17-46)58-42)59-40-35(51)33(49)31(47)21(3)55-40/h7,19-22,24-42,46-53H,8-18H2,1-6H3/t19-,20+,21+,22+,24+,25-,26+,27-,28+,29-,30+,31+,32+,33-,34-,35-,36-,37+,38-,39-,40+,41+,42-,43+,44+,45+/m1/s1. The van der Waals surface area contributed by atoms with Crippen LogP contribution in [0.4, 0.5) is 0 Å². The Morgan fingerprint density at radius 2 is 1.34 bits per heavy atom. The third-order valence-electron chi connectivity index (χ3n) is 17.6. The topological polar surface area (TPSA) is 236 Å². The molecule has 61 heavy (non-hydrogen) atoms. The van der Waals surface area contributed by atoms with E-state index in [1.807, 2.05) is 0 Å². The van der Waals surface area contributed by atoms with E-state index in [2.05, 4.69) is 33.8 Å². The van der Waals surface area contributed by atoms with Crippen LogP contribution in [0.15, 0.2) is 11.6 Å². The van der Waals surface area contributed by atoms with Gasteiger partial charge in [-0.15, -0.1) is 0 Å². The Hall–Kier alpha value is -0.900. The van der Waals surface area contributed by atoms with Gasteiger partial charge in [0.2, 0.25) is 0 Å². The van der Waals surface area contributed by atoms with Gasteiger partial charge in [0.05, 0.1) is 37.6 Å². The first-order valence-corrected chi connectivity index (χ1v) is 23.2. The summed E-state index contributed by atoms with van der Waals surface area (Å²) in [4.78, 5) is 0. The normalized spacial score (nSPS) is 58.4. The van der Waals surface area contributed by atoms with Gasteiger partial charge in [-0.05, 0) is 106 Å². The second-order valence-corrected chi connectivity index (χ2v) is 21.1. The summed E-state index contributed by atoms with van der Waals surface area (Å²) < 4.78 is 50.1. The van der Waals surface area contributed by atoms with E-state index in [0.717, 1.165) is 45.1 Å². The summed E-state index contributed by atoms with van der Waals surface area (Å²) in [5.41, 5.74) is 1.53. The molecule has 0 unspecified atom stereocenters. The van der Waals surface area contributed by atoms with Crippen LogP contribution in [0.3, 0.4) is 0 Å². The number of hydrogen-bond acceptors (Lipinski definition) is 16. The van der Waals surface area contributed by atoms with Crippen molar-refractivity contribution in [2.45, 2.75) is 209 Å². The number of aliphatic hydroxyl groups excluding tert-OH is 8. The average Bonchev–Trinajstić information content (AvgIpc) is 3.69. The lowest BCUT2D eigenvalue weighted by Gasteiger charge is -2.58. The maximum absolute atomic E-state index is 12.0. The first kappa shape index (κ1) is 45.3. The van der Waals surface area contributed by atoms with Crippen LogP contribution in [0.25, 0.3) is 0 Å². The van der Waals surface area contributed by atoms with E-state index in [9.17, 15) is 40.9 Å². The highest BCUT2D eigenvalue weighted by atomic mass is 16.8. The van der Waals surface area contributed by atoms with Crippen molar-refractivity contribution in [3.8, 4) is 0 Å². The van der Waals surface area contributed by atoms with Crippen LogP contribution in [-0.2, 0) is 37.9 Å². The van der Waals surface area contributed by atoms with Crippen molar-refractivity contribution in [3.63, 3.8) is 0 Å². The van der Waals surface area contributed by atoms with Crippen molar-refractivity contribution in [1.29, 1.82) is 0 Å². The summed E-state index contributed by atoms with van der Waals surface area (Å²) >= 11 is 0. The quantitative estimate of drug-likeness (QED) is 0.168.